The van der Waals surface area contributed by atoms with Crippen molar-refractivity contribution >= 4 is 99.3 Å². The second kappa shape index (κ2) is 11.2. The summed E-state index contributed by atoms with van der Waals surface area (Å²) in [6.45, 7) is 6.98. The first-order valence-electron chi connectivity index (χ1n) is 21.1. The highest BCUT2D eigenvalue weighted by Crippen LogP contribution is 2.44. The molecule has 5 heteroatoms. The van der Waals surface area contributed by atoms with E-state index in [1.807, 2.05) is 0 Å². The highest BCUT2D eigenvalue weighted by atomic mass is 15.1. The van der Waals surface area contributed by atoms with Crippen molar-refractivity contribution in [2.24, 2.45) is 0 Å². The Morgan fingerprint density at radius 3 is 1.92 bits per heavy atom. The van der Waals surface area contributed by atoms with Gasteiger partial charge < -0.3 is 9.13 Å². The number of hydrogen-bond acceptors (Lipinski definition) is 1. The first-order valence-corrected chi connectivity index (χ1v) is 21.1. The van der Waals surface area contributed by atoms with Crippen LogP contribution in [-0.4, -0.2) is 25.4 Å². The second-order valence-corrected chi connectivity index (χ2v) is 17.9. The smallest absolute Gasteiger partial charge is 0.252 e. The number of aromatic nitrogens is 4. The molecule has 0 amide bonds. The lowest BCUT2D eigenvalue weighted by Gasteiger charge is -2.34. The third kappa shape index (κ3) is 4.04. The molecule has 2 aliphatic rings. The Kier molecular flexibility index (Phi) is 6.09. The molecular formula is C55H37BN4. The van der Waals surface area contributed by atoms with Crippen molar-refractivity contribution in [3.8, 4) is 28.5 Å². The Balaban J connectivity index is 1.24. The Morgan fingerprint density at radius 2 is 1.15 bits per heavy atom. The first-order chi connectivity index (χ1) is 29.4. The Labute approximate surface area is 346 Å². The van der Waals surface area contributed by atoms with Crippen molar-refractivity contribution in [2.75, 3.05) is 0 Å². The highest BCUT2D eigenvalue weighted by Gasteiger charge is 2.42. The van der Waals surface area contributed by atoms with E-state index in [1.54, 1.807) is 0 Å². The van der Waals surface area contributed by atoms with E-state index in [2.05, 4.69) is 204 Å². The molecular weight excluding hydrogens is 727 g/mol. The summed E-state index contributed by atoms with van der Waals surface area (Å²) in [4.78, 5) is 5.47. The normalized spacial score (nSPS) is 13.2. The molecule has 0 saturated carbocycles. The molecule has 0 spiro atoms. The SMILES string of the molecule is CC(C)(C)c1ccc2c3c4c(ccc5ccccc54)cc4c3n(c2c1)-c1cc(-n2c3ccccc3c3ccccc32)cc2c1B4c1cccc3nc(-c4ccccc4)n-2c13. The summed E-state index contributed by atoms with van der Waals surface area (Å²) in [5, 5.41) is 10.3. The molecule has 0 saturated heterocycles. The van der Waals surface area contributed by atoms with Gasteiger partial charge in [-0.05, 0) is 85.3 Å². The van der Waals surface area contributed by atoms with E-state index in [-0.39, 0.29) is 12.1 Å². The zero-order valence-electron chi connectivity index (χ0n) is 33.5. The maximum atomic E-state index is 5.47. The minimum atomic E-state index is -0.0318. The van der Waals surface area contributed by atoms with Crippen LogP contribution < -0.4 is 16.4 Å². The van der Waals surface area contributed by atoms with Gasteiger partial charge in [-0.1, -0.05) is 154 Å². The molecule has 3 aromatic heterocycles. The van der Waals surface area contributed by atoms with Gasteiger partial charge in [0.15, 0.2) is 0 Å². The fraction of sp³-hybridized carbons (Fsp3) is 0.0727. The molecule has 280 valence electrons. The number of para-hydroxylation sites is 3. The zero-order valence-corrected chi connectivity index (χ0v) is 33.5. The van der Waals surface area contributed by atoms with Gasteiger partial charge in [0.05, 0.1) is 38.8 Å². The van der Waals surface area contributed by atoms with E-state index < -0.39 is 0 Å². The molecule has 14 rings (SSSR count). The lowest BCUT2D eigenvalue weighted by molar-refractivity contribution is 0.591. The average Bonchev–Trinajstić information content (AvgIpc) is 3.95. The molecule has 2 aliphatic heterocycles. The summed E-state index contributed by atoms with van der Waals surface area (Å²) in [7, 11) is 0. The molecule has 0 fully saturated rings. The molecule has 0 unspecified atom stereocenters. The van der Waals surface area contributed by atoms with Gasteiger partial charge in [0.25, 0.3) is 6.71 Å². The molecule has 12 aromatic rings. The minimum Gasteiger partial charge on any atom is -0.310 e. The molecule has 0 radical (unpaired) electrons. The van der Waals surface area contributed by atoms with Crippen molar-refractivity contribution in [1.29, 1.82) is 0 Å². The van der Waals surface area contributed by atoms with Gasteiger partial charge in [-0.25, -0.2) is 4.98 Å². The van der Waals surface area contributed by atoms with Crippen molar-refractivity contribution in [2.45, 2.75) is 26.2 Å². The van der Waals surface area contributed by atoms with Crippen LogP contribution in [0.4, 0.5) is 0 Å². The summed E-state index contributed by atoms with van der Waals surface area (Å²) in [5.41, 5.74) is 17.1. The van der Waals surface area contributed by atoms with Crippen LogP contribution in [0.5, 0.6) is 0 Å². The van der Waals surface area contributed by atoms with Gasteiger partial charge in [0, 0.05) is 38.5 Å². The van der Waals surface area contributed by atoms with Gasteiger partial charge in [0.1, 0.15) is 5.82 Å². The maximum absolute atomic E-state index is 5.47. The number of hydrogen-bond donors (Lipinski definition) is 0. The maximum Gasteiger partial charge on any atom is 0.252 e. The van der Waals surface area contributed by atoms with Gasteiger partial charge >= 0.3 is 0 Å². The van der Waals surface area contributed by atoms with Crippen LogP contribution in [-0.2, 0) is 5.41 Å². The molecule has 9 aromatic carbocycles. The fourth-order valence-electron chi connectivity index (χ4n) is 11.2. The second-order valence-electron chi connectivity index (χ2n) is 17.9. The molecule has 4 nitrogen and oxygen atoms in total. The molecule has 0 atom stereocenters. The van der Waals surface area contributed by atoms with Crippen molar-refractivity contribution in [3.05, 3.63) is 175 Å². The van der Waals surface area contributed by atoms with E-state index >= 15 is 0 Å². The lowest BCUT2D eigenvalue weighted by Crippen LogP contribution is -2.59. The summed E-state index contributed by atoms with van der Waals surface area (Å²) in [5.74, 6) is 0.964. The van der Waals surface area contributed by atoms with Crippen LogP contribution in [0.25, 0.3) is 105 Å². The molecule has 5 heterocycles. The summed E-state index contributed by atoms with van der Waals surface area (Å²) < 4.78 is 7.61. The lowest BCUT2D eigenvalue weighted by atomic mass is 9.34. The van der Waals surface area contributed by atoms with Gasteiger partial charge in [-0.2, -0.15) is 0 Å². The molecule has 0 N–H and O–H groups in total. The van der Waals surface area contributed by atoms with E-state index in [9.17, 15) is 0 Å². The number of nitrogens with zero attached hydrogens (tertiary/aromatic N) is 4. The van der Waals surface area contributed by atoms with Crippen LogP contribution >= 0.6 is 0 Å². The van der Waals surface area contributed by atoms with Gasteiger partial charge in [-0.15, -0.1) is 0 Å². The number of rotatable bonds is 2. The monoisotopic (exact) mass is 764 g/mol. The van der Waals surface area contributed by atoms with Gasteiger partial charge in [-0.3, -0.25) is 4.57 Å². The van der Waals surface area contributed by atoms with Crippen LogP contribution in [0.1, 0.15) is 26.3 Å². The summed E-state index contributed by atoms with van der Waals surface area (Å²) >= 11 is 0. The van der Waals surface area contributed by atoms with Crippen molar-refractivity contribution < 1.29 is 0 Å². The summed E-state index contributed by atoms with van der Waals surface area (Å²) in [6, 6.07) is 63.5. The Hall–Kier alpha value is -7.37. The standard InChI is InChI=1S/C55H37BN4/c1-55(2,3)35-26-27-40-46(29-35)59-47-30-36(58-44-22-11-9-18-38(44)39-19-10-12-23-45(39)58)31-48-51(47)56(41-20-13-21-43-52(41)60(48)54(57-43)33-15-5-4-6-16-33)42-28-34-25-24-32-14-7-8-17-37(32)49(34)50(40)53(42)59/h4-31H,1-3H3. The van der Waals surface area contributed by atoms with Crippen LogP contribution in [0, 0.1) is 0 Å². The van der Waals surface area contributed by atoms with Crippen molar-refractivity contribution in [1.82, 2.24) is 18.7 Å². The Bertz CT molecular complexity index is 3820. The van der Waals surface area contributed by atoms with Crippen LogP contribution in [0.15, 0.2) is 170 Å². The van der Waals surface area contributed by atoms with Gasteiger partial charge in [0.2, 0.25) is 0 Å². The van der Waals surface area contributed by atoms with E-state index in [4.69, 9.17) is 4.98 Å². The molecule has 60 heavy (non-hydrogen) atoms. The zero-order chi connectivity index (χ0) is 39.6. The Morgan fingerprint density at radius 1 is 0.467 bits per heavy atom. The predicted octanol–water partition coefficient (Wildman–Crippen LogP) is 11.6. The predicted molar refractivity (Wildman–Crippen MR) is 254 cm³/mol. The minimum absolute atomic E-state index is 0.00371. The highest BCUT2D eigenvalue weighted by molar-refractivity contribution is 7.00. The average molecular weight is 765 g/mol. The molecule has 0 bridgehead atoms. The van der Waals surface area contributed by atoms with Crippen LogP contribution in [0.3, 0.4) is 0 Å². The van der Waals surface area contributed by atoms with E-state index in [0.717, 1.165) is 22.6 Å². The number of imidazole rings is 1. The van der Waals surface area contributed by atoms with Crippen molar-refractivity contribution in [3.63, 3.8) is 0 Å². The fourth-order valence-corrected chi connectivity index (χ4v) is 11.2. The quantitative estimate of drug-likeness (QED) is 0.127. The van der Waals surface area contributed by atoms with E-state index in [1.165, 1.54) is 104 Å². The number of benzene rings is 9. The van der Waals surface area contributed by atoms with E-state index in [0.29, 0.717) is 0 Å². The third-order valence-corrected chi connectivity index (χ3v) is 13.7. The first kappa shape index (κ1) is 32.6. The number of fused-ring (bicyclic) bond motifs is 14. The summed E-state index contributed by atoms with van der Waals surface area (Å²) in [6.07, 6.45) is 0. The third-order valence-electron chi connectivity index (χ3n) is 13.7. The van der Waals surface area contributed by atoms with Crippen LogP contribution in [0.2, 0.25) is 0 Å². The largest absolute Gasteiger partial charge is 0.310 e. The topological polar surface area (TPSA) is 27.7 Å². The molecule has 0 aliphatic carbocycles.